The Bertz CT molecular complexity index is 644. The van der Waals surface area contributed by atoms with E-state index in [1.54, 1.807) is 6.07 Å². The van der Waals surface area contributed by atoms with Crippen molar-refractivity contribution in [1.82, 2.24) is 10.3 Å². The fourth-order valence-electron chi connectivity index (χ4n) is 1.50. The maximum atomic E-state index is 10.7. The van der Waals surface area contributed by atoms with Gasteiger partial charge in [0.1, 0.15) is 0 Å². The number of fused-ring (bicyclic) bond motifs is 1. The third-order valence-electron chi connectivity index (χ3n) is 2.42. The van der Waals surface area contributed by atoms with Crippen molar-refractivity contribution in [2.24, 2.45) is 0 Å². The molecule has 0 unspecified atom stereocenters. The molecule has 0 aliphatic carbocycles. The number of aliphatic hydroxyl groups is 1. The van der Waals surface area contributed by atoms with Gasteiger partial charge in [-0.25, -0.2) is 4.98 Å². The molecule has 1 heterocycles. The van der Waals surface area contributed by atoms with Crippen LogP contribution in [0.2, 0.25) is 0 Å². The van der Waals surface area contributed by atoms with E-state index in [1.807, 2.05) is 0 Å². The molecule has 0 saturated carbocycles. The highest BCUT2D eigenvalue weighted by Gasteiger charge is 2.10. The van der Waals surface area contributed by atoms with Crippen molar-refractivity contribution in [3.05, 3.63) is 28.3 Å². The van der Waals surface area contributed by atoms with E-state index in [1.165, 1.54) is 23.5 Å². The Kier molecular flexibility index (Phi) is 4.77. The van der Waals surface area contributed by atoms with Gasteiger partial charge in [-0.2, -0.15) is 0 Å². The summed E-state index contributed by atoms with van der Waals surface area (Å²) in [5.41, 5.74) is 0.720. The van der Waals surface area contributed by atoms with Crippen LogP contribution in [0.5, 0.6) is 0 Å². The Labute approximate surface area is 123 Å². The minimum Gasteiger partial charge on any atom is -0.396 e. The highest BCUT2D eigenvalue weighted by molar-refractivity contribution is 7.80. The highest BCUT2D eigenvalue weighted by Crippen LogP contribution is 2.28. The number of nitro benzene ring substituents is 1. The van der Waals surface area contributed by atoms with Crippen LogP contribution in [0, 0.1) is 10.1 Å². The molecule has 0 atom stereocenters. The van der Waals surface area contributed by atoms with Crippen LogP contribution in [0.3, 0.4) is 0 Å². The van der Waals surface area contributed by atoms with Crippen molar-refractivity contribution in [2.45, 2.75) is 6.42 Å². The van der Waals surface area contributed by atoms with Gasteiger partial charge < -0.3 is 15.7 Å². The number of hydrogen-bond donors (Lipinski definition) is 3. The number of hydrogen-bond acceptors (Lipinski definition) is 6. The molecule has 0 bridgehead atoms. The van der Waals surface area contributed by atoms with E-state index in [2.05, 4.69) is 15.6 Å². The van der Waals surface area contributed by atoms with Crippen LogP contribution in [0.25, 0.3) is 10.2 Å². The minimum absolute atomic E-state index is 0.0383. The van der Waals surface area contributed by atoms with Crippen LogP contribution >= 0.6 is 23.6 Å². The minimum atomic E-state index is -0.437. The van der Waals surface area contributed by atoms with E-state index in [0.717, 1.165) is 4.70 Å². The summed E-state index contributed by atoms with van der Waals surface area (Å²) in [5.74, 6) is 0. The second-order valence-corrected chi connectivity index (χ2v) is 5.33. The molecule has 1 aromatic carbocycles. The number of nitrogens with one attached hydrogen (secondary N) is 2. The second kappa shape index (κ2) is 6.55. The van der Waals surface area contributed by atoms with Crippen molar-refractivity contribution >= 4 is 49.7 Å². The number of thiocarbonyl (C=S) groups is 1. The third-order valence-corrected chi connectivity index (χ3v) is 3.60. The summed E-state index contributed by atoms with van der Waals surface area (Å²) in [7, 11) is 0. The zero-order chi connectivity index (χ0) is 14.5. The zero-order valence-electron chi connectivity index (χ0n) is 10.3. The summed E-state index contributed by atoms with van der Waals surface area (Å²) >= 11 is 6.37. The molecule has 0 spiro atoms. The average molecular weight is 312 g/mol. The van der Waals surface area contributed by atoms with Gasteiger partial charge in [0, 0.05) is 25.3 Å². The Balaban J connectivity index is 2.08. The molecule has 0 fully saturated rings. The molecule has 9 heteroatoms. The molecule has 0 radical (unpaired) electrons. The summed E-state index contributed by atoms with van der Waals surface area (Å²) in [6.45, 7) is 0.666. The van der Waals surface area contributed by atoms with Crippen LogP contribution in [0.4, 0.5) is 10.8 Å². The van der Waals surface area contributed by atoms with E-state index in [9.17, 15) is 10.1 Å². The number of thiazole rings is 1. The van der Waals surface area contributed by atoms with E-state index in [-0.39, 0.29) is 12.3 Å². The van der Waals surface area contributed by atoms with Crippen molar-refractivity contribution in [3.8, 4) is 0 Å². The molecular formula is C11H12N4O3S2. The summed E-state index contributed by atoms with van der Waals surface area (Å²) in [5, 5.41) is 26.2. The summed E-state index contributed by atoms with van der Waals surface area (Å²) in [6.07, 6.45) is 0.605. The lowest BCUT2D eigenvalue weighted by atomic mass is 10.3. The zero-order valence-corrected chi connectivity index (χ0v) is 12.0. The molecule has 0 amide bonds. The number of non-ortho nitro benzene ring substituents is 1. The number of benzene rings is 1. The van der Waals surface area contributed by atoms with Crippen molar-refractivity contribution < 1.29 is 10.0 Å². The first kappa shape index (κ1) is 14.6. The molecule has 0 aliphatic heterocycles. The standard InChI is InChI=1S/C11H12N4O3S2/c16-5-1-4-12-10(19)14-11-13-8-3-2-7(15(17)18)6-9(8)20-11/h2-3,6,16H,1,4-5H2,(H2,12,13,14,19). The molecule has 1 aromatic heterocycles. The average Bonchev–Trinajstić information content (AvgIpc) is 2.79. The van der Waals surface area contributed by atoms with Gasteiger partial charge in [0.15, 0.2) is 10.2 Å². The van der Waals surface area contributed by atoms with Crippen LogP contribution in [0.15, 0.2) is 18.2 Å². The van der Waals surface area contributed by atoms with E-state index in [4.69, 9.17) is 17.3 Å². The molecule has 20 heavy (non-hydrogen) atoms. The summed E-state index contributed by atoms with van der Waals surface area (Å²) < 4.78 is 0.722. The second-order valence-electron chi connectivity index (χ2n) is 3.89. The lowest BCUT2D eigenvalue weighted by Crippen LogP contribution is -2.29. The Morgan fingerprint density at radius 1 is 1.55 bits per heavy atom. The third kappa shape index (κ3) is 3.59. The quantitative estimate of drug-likeness (QED) is 0.335. The summed E-state index contributed by atoms with van der Waals surface area (Å²) in [4.78, 5) is 14.6. The van der Waals surface area contributed by atoms with Crippen LogP contribution in [-0.2, 0) is 0 Å². The smallest absolute Gasteiger partial charge is 0.270 e. The molecule has 106 valence electrons. The maximum absolute atomic E-state index is 10.7. The van der Waals surface area contributed by atoms with Gasteiger partial charge in [-0.15, -0.1) is 0 Å². The lowest BCUT2D eigenvalue weighted by molar-refractivity contribution is -0.384. The predicted molar refractivity (Wildman–Crippen MR) is 82.2 cm³/mol. The molecule has 7 nitrogen and oxygen atoms in total. The first-order chi connectivity index (χ1) is 9.60. The molecule has 0 saturated heterocycles. The Hall–Kier alpha value is -1.84. The van der Waals surface area contributed by atoms with Gasteiger partial charge in [-0.3, -0.25) is 10.1 Å². The number of nitrogens with zero attached hydrogens (tertiary/aromatic N) is 2. The fourth-order valence-corrected chi connectivity index (χ4v) is 2.67. The summed E-state index contributed by atoms with van der Waals surface area (Å²) in [6, 6.07) is 4.52. The number of aromatic nitrogens is 1. The van der Waals surface area contributed by atoms with Gasteiger partial charge >= 0.3 is 0 Å². The van der Waals surface area contributed by atoms with E-state index < -0.39 is 4.92 Å². The van der Waals surface area contributed by atoms with Crippen LogP contribution < -0.4 is 10.6 Å². The van der Waals surface area contributed by atoms with Gasteiger partial charge in [-0.05, 0) is 24.7 Å². The van der Waals surface area contributed by atoms with Crippen molar-refractivity contribution in [3.63, 3.8) is 0 Å². The highest BCUT2D eigenvalue weighted by atomic mass is 32.1. The molecule has 2 aromatic rings. The number of rotatable bonds is 5. The molecule has 2 rings (SSSR count). The first-order valence-corrected chi connectivity index (χ1v) is 7.03. The van der Waals surface area contributed by atoms with Crippen LogP contribution in [-0.4, -0.2) is 33.3 Å². The largest absolute Gasteiger partial charge is 0.396 e. The molecular weight excluding hydrogens is 300 g/mol. The van der Waals surface area contributed by atoms with Gasteiger partial charge in [0.2, 0.25) is 0 Å². The van der Waals surface area contributed by atoms with Crippen molar-refractivity contribution in [1.29, 1.82) is 0 Å². The van der Waals surface area contributed by atoms with Gasteiger partial charge in [-0.1, -0.05) is 11.3 Å². The first-order valence-electron chi connectivity index (χ1n) is 5.81. The molecule has 3 N–H and O–H groups in total. The fraction of sp³-hybridized carbons (Fsp3) is 0.273. The predicted octanol–water partition coefficient (Wildman–Crippen LogP) is 1.87. The Morgan fingerprint density at radius 2 is 2.35 bits per heavy atom. The number of aliphatic hydroxyl groups excluding tert-OH is 1. The monoisotopic (exact) mass is 312 g/mol. The van der Waals surface area contributed by atoms with E-state index in [0.29, 0.717) is 28.7 Å². The Morgan fingerprint density at radius 3 is 3.05 bits per heavy atom. The van der Waals surface area contributed by atoms with Gasteiger partial charge in [0.05, 0.1) is 15.1 Å². The SMILES string of the molecule is O=[N+]([O-])c1ccc2nc(NC(=S)NCCCO)sc2c1. The lowest BCUT2D eigenvalue weighted by Gasteiger charge is -2.06. The van der Waals surface area contributed by atoms with Gasteiger partial charge in [0.25, 0.3) is 5.69 Å². The molecule has 0 aliphatic rings. The number of anilines is 1. The van der Waals surface area contributed by atoms with E-state index >= 15 is 0 Å². The van der Waals surface area contributed by atoms with Crippen LogP contribution in [0.1, 0.15) is 6.42 Å². The normalized spacial score (nSPS) is 10.4. The number of nitro groups is 1. The maximum Gasteiger partial charge on any atom is 0.270 e. The van der Waals surface area contributed by atoms with Crippen molar-refractivity contribution in [2.75, 3.05) is 18.5 Å². The topological polar surface area (TPSA) is 100 Å².